The van der Waals surface area contributed by atoms with Crippen LogP contribution < -0.4 is 20.1 Å². The van der Waals surface area contributed by atoms with E-state index in [1.54, 1.807) is 13.2 Å². The van der Waals surface area contributed by atoms with Gasteiger partial charge in [-0.05, 0) is 42.9 Å². The minimum atomic E-state index is 0.445. The van der Waals surface area contributed by atoms with Crippen molar-refractivity contribution < 1.29 is 14.2 Å². The molecule has 1 saturated carbocycles. The van der Waals surface area contributed by atoms with Crippen LogP contribution in [0.3, 0.4) is 0 Å². The number of nitrogens with zero attached hydrogens (tertiary/aromatic N) is 2. The first-order valence-corrected chi connectivity index (χ1v) is 10.6. The number of aromatic nitrogens is 1. The van der Waals surface area contributed by atoms with E-state index in [2.05, 4.69) is 20.6 Å². The predicted molar refractivity (Wildman–Crippen MR) is 118 cm³/mol. The van der Waals surface area contributed by atoms with E-state index in [1.807, 2.05) is 42.5 Å². The summed E-state index contributed by atoms with van der Waals surface area (Å²) >= 11 is 0. The smallest absolute Gasteiger partial charge is 0.213 e. The SMILES string of the molecule is CN=C(NCCCOCC1CC1)NCc1ccc(OCCOc2ccccc2)nc1. The van der Waals surface area contributed by atoms with Crippen LogP contribution in [0.4, 0.5) is 0 Å². The van der Waals surface area contributed by atoms with E-state index in [0.29, 0.717) is 25.6 Å². The van der Waals surface area contributed by atoms with Gasteiger partial charge in [-0.25, -0.2) is 4.98 Å². The molecule has 0 saturated heterocycles. The summed E-state index contributed by atoms with van der Waals surface area (Å²) < 4.78 is 16.9. The summed E-state index contributed by atoms with van der Waals surface area (Å²) in [6.07, 6.45) is 5.44. The van der Waals surface area contributed by atoms with Crippen molar-refractivity contribution in [2.24, 2.45) is 10.9 Å². The van der Waals surface area contributed by atoms with E-state index >= 15 is 0 Å². The summed E-state index contributed by atoms with van der Waals surface area (Å²) in [6, 6.07) is 13.6. The highest BCUT2D eigenvalue weighted by molar-refractivity contribution is 5.79. The highest BCUT2D eigenvalue weighted by Gasteiger charge is 2.20. The van der Waals surface area contributed by atoms with Gasteiger partial charge >= 0.3 is 0 Å². The normalized spacial score (nSPS) is 13.7. The molecule has 2 N–H and O–H groups in total. The molecular formula is C23H32N4O3. The fourth-order valence-corrected chi connectivity index (χ4v) is 2.75. The van der Waals surface area contributed by atoms with Crippen LogP contribution in [0.5, 0.6) is 11.6 Å². The van der Waals surface area contributed by atoms with E-state index in [1.165, 1.54) is 12.8 Å². The average Bonchev–Trinajstić information content (AvgIpc) is 3.62. The van der Waals surface area contributed by atoms with Crippen LogP contribution in [0.15, 0.2) is 53.7 Å². The summed E-state index contributed by atoms with van der Waals surface area (Å²) in [6.45, 7) is 4.10. The topological polar surface area (TPSA) is 77.0 Å². The third-order valence-electron chi connectivity index (χ3n) is 4.63. The van der Waals surface area contributed by atoms with Gasteiger partial charge in [-0.3, -0.25) is 4.99 Å². The minimum Gasteiger partial charge on any atom is -0.490 e. The molecule has 0 amide bonds. The van der Waals surface area contributed by atoms with E-state index in [4.69, 9.17) is 14.2 Å². The number of hydrogen-bond acceptors (Lipinski definition) is 5. The first-order chi connectivity index (χ1) is 14.8. The summed E-state index contributed by atoms with van der Waals surface area (Å²) in [5, 5.41) is 6.59. The standard InChI is InChI=1S/C23H32N4O3/c1-24-23(25-12-5-13-28-18-19-8-9-19)27-17-20-10-11-22(26-16-20)30-15-14-29-21-6-3-2-4-7-21/h2-4,6-7,10-11,16,19H,5,8-9,12-15,17-18H2,1H3,(H2,24,25,27). The average molecular weight is 413 g/mol. The molecule has 7 nitrogen and oxygen atoms in total. The maximum absolute atomic E-state index is 5.64. The molecular weight excluding hydrogens is 380 g/mol. The molecule has 3 rings (SSSR count). The molecule has 162 valence electrons. The van der Waals surface area contributed by atoms with E-state index in [0.717, 1.165) is 49.4 Å². The van der Waals surface area contributed by atoms with Crippen LogP contribution in [-0.4, -0.2) is 51.0 Å². The Morgan fingerprint density at radius 3 is 2.60 bits per heavy atom. The molecule has 30 heavy (non-hydrogen) atoms. The lowest BCUT2D eigenvalue weighted by Crippen LogP contribution is -2.37. The van der Waals surface area contributed by atoms with Crippen molar-refractivity contribution in [3.63, 3.8) is 0 Å². The summed E-state index contributed by atoms with van der Waals surface area (Å²) in [7, 11) is 1.77. The van der Waals surface area contributed by atoms with Crippen LogP contribution in [-0.2, 0) is 11.3 Å². The van der Waals surface area contributed by atoms with Crippen molar-refractivity contribution in [2.45, 2.75) is 25.8 Å². The molecule has 1 aliphatic carbocycles. The van der Waals surface area contributed by atoms with Crippen LogP contribution in [0.1, 0.15) is 24.8 Å². The molecule has 1 fully saturated rings. The van der Waals surface area contributed by atoms with Gasteiger partial charge in [-0.15, -0.1) is 0 Å². The first kappa shape index (κ1) is 21.9. The second-order valence-corrected chi connectivity index (χ2v) is 7.24. The van der Waals surface area contributed by atoms with E-state index in [9.17, 15) is 0 Å². The van der Waals surface area contributed by atoms with Crippen molar-refractivity contribution in [3.05, 3.63) is 54.2 Å². The van der Waals surface area contributed by atoms with Crippen LogP contribution in [0.2, 0.25) is 0 Å². The van der Waals surface area contributed by atoms with Gasteiger partial charge < -0.3 is 24.8 Å². The molecule has 1 aromatic carbocycles. The lowest BCUT2D eigenvalue weighted by Gasteiger charge is -2.12. The Labute approximate surface area is 178 Å². The number of ether oxygens (including phenoxy) is 3. The molecule has 1 heterocycles. The summed E-state index contributed by atoms with van der Waals surface area (Å²) in [5.41, 5.74) is 1.05. The number of guanidine groups is 1. The van der Waals surface area contributed by atoms with Crippen LogP contribution in [0, 0.1) is 5.92 Å². The molecule has 1 aromatic heterocycles. The maximum Gasteiger partial charge on any atom is 0.213 e. The Balaban J connectivity index is 1.26. The Kier molecular flexibility index (Phi) is 9.27. The largest absolute Gasteiger partial charge is 0.490 e. The van der Waals surface area contributed by atoms with Gasteiger partial charge in [0.05, 0.1) is 0 Å². The van der Waals surface area contributed by atoms with Gasteiger partial charge in [0.15, 0.2) is 5.96 Å². The van der Waals surface area contributed by atoms with E-state index in [-0.39, 0.29) is 0 Å². The molecule has 0 bridgehead atoms. The lowest BCUT2D eigenvalue weighted by molar-refractivity contribution is 0.123. The number of nitrogens with one attached hydrogen (secondary N) is 2. The van der Waals surface area contributed by atoms with Crippen molar-refractivity contribution in [2.75, 3.05) is 40.0 Å². The minimum absolute atomic E-state index is 0.445. The highest BCUT2D eigenvalue weighted by atomic mass is 16.5. The Hall–Kier alpha value is -2.80. The van der Waals surface area contributed by atoms with Gasteiger partial charge in [0, 0.05) is 45.6 Å². The second kappa shape index (κ2) is 12.7. The molecule has 0 atom stereocenters. The quantitative estimate of drug-likeness (QED) is 0.299. The zero-order chi connectivity index (χ0) is 20.9. The molecule has 2 aromatic rings. The molecule has 0 radical (unpaired) electrons. The van der Waals surface area contributed by atoms with Gasteiger partial charge in [-0.2, -0.15) is 0 Å². The van der Waals surface area contributed by atoms with Gasteiger partial charge in [0.25, 0.3) is 0 Å². The van der Waals surface area contributed by atoms with Crippen molar-refractivity contribution in [1.82, 2.24) is 15.6 Å². The molecule has 0 unspecified atom stereocenters. The number of pyridine rings is 1. The molecule has 0 spiro atoms. The number of rotatable bonds is 13. The Morgan fingerprint density at radius 1 is 1.03 bits per heavy atom. The van der Waals surface area contributed by atoms with Crippen LogP contribution in [0.25, 0.3) is 0 Å². The fourth-order valence-electron chi connectivity index (χ4n) is 2.75. The predicted octanol–water partition coefficient (Wildman–Crippen LogP) is 3.02. The number of para-hydroxylation sites is 1. The molecule has 1 aliphatic rings. The number of aliphatic imine (C=N–C) groups is 1. The van der Waals surface area contributed by atoms with Gasteiger partial charge in [0.1, 0.15) is 19.0 Å². The second-order valence-electron chi connectivity index (χ2n) is 7.24. The Morgan fingerprint density at radius 2 is 1.87 bits per heavy atom. The third-order valence-corrected chi connectivity index (χ3v) is 4.63. The number of benzene rings is 1. The molecule has 7 heteroatoms. The lowest BCUT2D eigenvalue weighted by atomic mass is 10.3. The summed E-state index contributed by atoms with van der Waals surface area (Å²) in [4.78, 5) is 8.59. The van der Waals surface area contributed by atoms with Crippen molar-refractivity contribution in [3.8, 4) is 11.6 Å². The fraction of sp³-hybridized carbons (Fsp3) is 0.478. The van der Waals surface area contributed by atoms with Gasteiger partial charge in [-0.1, -0.05) is 24.3 Å². The molecule has 0 aliphatic heterocycles. The zero-order valence-electron chi connectivity index (χ0n) is 17.7. The third kappa shape index (κ3) is 8.69. The zero-order valence-corrected chi connectivity index (χ0v) is 17.7. The number of hydrogen-bond donors (Lipinski definition) is 2. The van der Waals surface area contributed by atoms with Crippen molar-refractivity contribution in [1.29, 1.82) is 0 Å². The van der Waals surface area contributed by atoms with E-state index < -0.39 is 0 Å². The highest BCUT2D eigenvalue weighted by Crippen LogP contribution is 2.28. The maximum atomic E-state index is 5.64. The monoisotopic (exact) mass is 412 g/mol. The Bertz CT molecular complexity index is 749. The van der Waals surface area contributed by atoms with Crippen molar-refractivity contribution >= 4 is 5.96 Å². The van der Waals surface area contributed by atoms with Crippen LogP contribution >= 0.6 is 0 Å². The summed E-state index contributed by atoms with van der Waals surface area (Å²) in [5.74, 6) is 3.02. The first-order valence-electron chi connectivity index (χ1n) is 10.6. The van der Waals surface area contributed by atoms with Gasteiger partial charge in [0.2, 0.25) is 5.88 Å².